The number of aliphatic hydroxyl groups excluding tert-OH is 7. The first-order valence-corrected chi connectivity index (χ1v) is 20.0. The third kappa shape index (κ3) is 7.28. The second kappa shape index (κ2) is 16.0. The third-order valence-electron chi connectivity index (χ3n) is 15.2. The van der Waals surface area contributed by atoms with E-state index >= 15 is 0 Å². The van der Waals surface area contributed by atoms with E-state index in [0.717, 1.165) is 19.3 Å². The molecule has 0 bridgehead atoms. The van der Waals surface area contributed by atoms with Crippen LogP contribution in [0.5, 0.6) is 0 Å². The molecule has 4 saturated carbocycles. The zero-order valence-electron chi connectivity index (χ0n) is 32.6. The van der Waals surface area contributed by atoms with Gasteiger partial charge < -0.3 is 69.3 Å². The maximum absolute atomic E-state index is 12.6. The van der Waals surface area contributed by atoms with Gasteiger partial charge in [-0.2, -0.15) is 0 Å². The highest BCUT2D eigenvalue weighted by Gasteiger charge is 2.71. The molecule has 4 aliphatic carbocycles. The summed E-state index contributed by atoms with van der Waals surface area (Å²) in [6.07, 6.45) is -7.28. The van der Waals surface area contributed by atoms with Crippen molar-refractivity contribution in [2.45, 2.75) is 171 Å². The van der Waals surface area contributed by atoms with Crippen LogP contribution in [-0.2, 0) is 28.4 Å². The minimum Gasteiger partial charge on any atom is -0.393 e. The van der Waals surface area contributed by atoms with Crippen LogP contribution < -0.4 is 0 Å². The Bertz CT molecular complexity index is 1230. The van der Waals surface area contributed by atoms with Crippen LogP contribution in [0.3, 0.4) is 0 Å². The Morgan fingerprint density at radius 3 is 2.13 bits per heavy atom. The first-order chi connectivity index (χ1) is 24.9. The highest BCUT2D eigenvalue weighted by atomic mass is 16.7. The van der Waals surface area contributed by atoms with Crippen LogP contribution >= 0.6 is 0 Å². The quantitative estimate of drug-likeness (QED) is 0.138. The average molecular weight is 761 g/mol. The van der Waals surface area contributed by atoms with Crippen molar-refractivity contribution in [1.29, 1.82) is 0 Å². The van der Waals surface area contributed by atoms with E-state index in [9.17, 15) is 40.9 Å². The predicted octanol–water partition coefficient (Wildman–Crippen LogP) is 0.702. The second-order valence-corrected chi connectivity index (χ2v) is 18.4. The molecule has 14 heteroatoms. The van der Waals surface area contributed by atoms with Gasteiger partial charge in [-0.05, 0) is 79.4 Å². The highest BCUT2D eigenvalue weighted by Crippen LogP contribution is 2.70. The van der Waals surface area contributed by atoms with Crippen LogP contribution in [-0.4, -0.2) is 154 Å². The lowest BCUT2D eigenvalue weighted by atomic mass is 9.41. The molecule has 14 nitrogen and oxygen atoms in total. The van der Waals surface area contributed by atoms with Crippen molar-refractivity contribution in [1.82, 2.24) is 0 Å². The van der Waals surface area contributed by atoms with Crippen LogP contribution in [0.2, 0.25) is 0 Å². The Kier molecular flexibility index (Phi) is 12.7. The van der Waals surface area contributed by atoms with Crippen molar-refractivity contribution in [3.05, 3.63) is 0 Å². The van der Waals surface area contributed by atoms with Gasteiger partial charge in [-0.25, -0.2) is 0 Å². The van der Waals surface area contributed by atoms with Gasteiger partial charge in [0.15, 0.2) is 12.6 Å². The fraction of sp³-hybridized carbons (Fsp3) is 1.00. The molecule has 2 heterocycles. The lowest BCUT2D eigenvalue weighted by Gasteiger charge is -2.66. The molecule has 2 saturated heterocycles. The minimum absolute atomic E-state index is 0.0641. The van der Waals surface area contributed by atoms with Gasteiger partial charge >= 0.3 is 0 Å². The van der Waals surface area contributed by atoms with Crippen molar-refractivity contribution in [3.63, 3.8) is 0 Å². The lowest BCUT2D eigenvalue weighted by Crippen LogP contribution is -2.70. The number of hydrogen-bond donors (Lipinski definition) is 8. The van der Waals surface area contributed by atoms with E-state index in [1.165, 1.54) is 14.2 Å². The van der Waals surface area contributed by atoms with Gasteiger partial charge in [0.2, 0.25) is 0 Å². The Hall–Kier alpha value is -0.560. The topological polar surface area (TPSA) is 217 Å². The minimum atomic E-state index is -1.31. The molecule has 6 aliphatic rings. The molecular formula is C39H68O14. The largest absolute Gasteiger partial charge is 0.393 e. The molecule has 21 atom stereocenters. The molecule has 6 fully saturated rings. The number of fused-ring (bicyclic) bond motifs is 5. The molecule has 8 N–H and O–H groups in total. The van der Waals surface area contributed by atoms with Gasteiger partial charge in [0.25, 0.3) is 0 Å². The molecule has 6 rings (SSSR count). The van der Waals surface area contributed by atoms with Crippen molar-refractivity contribution in [2.75, 3.05) is 27.4 Å². The summed E-state index contributed by atoms with van der Waals surface area (Å²) in [7, 11) is 2.91. The van der Waals surface area contributed by atoms with Gasteiger partial charge in [-0.1, -0.05) is 34.6 Å². The van der Waals surface area contributed by atoms with Gasteiger partial charge in [-0.3, -0.25) is 0 Å². The van der Waals surface area contributed by atoms with Crippen molar-refractivity contribution >= 4 is 0 Å². The van der Waals surface area contributed by atoms with E-state index in [1.807, 2.05) is 20.8 Å². The van der Waals surface area contributed by atoms with E-state index in [0.29, 0.717) is 25.7 Å². The van der Waals surface area contributed by atoms with E-state index in [2.05, 4.69) is 13.8 Å². The van der Waals surface area contributed by atoms with Crippen molar-refractivity contribution in [3.8, 4) is 0 Å². The number of ether oxygens (including phenoxy) is 6. The highest BCUT2D eigenvalue weighted by molar-refractivity contribution is 5.21. The van der Waals surface area contributed by atoms with Gasteiger partial charge in [0, 0.05) is 32.5 Å². The van der Waals surface area contributed by atoms with Gasteiger partial charge in [-0.15, -0.1) is 0 Å². The summed E-state index contributed by atoms with van der Waals surface area (Å²) >= 11 is 0. The zero-order chi connectivity index (χ0) is 38.8. The number of hydrogen-bond acceptors (Lipinski definition) is 14. The number of aliphatic hydroxyl groups is 8. The fourth-order valence-electron chi connectivity index (χ4n) is 12.4. The standard InChI is InChI=1S/C39H68O14/c1-18(2)24(52-35-32(46)30(44)26(53-35)17-51-36-33(49-7)31(45)25(48-6)16-50-36)9-8-19(3)20-14-22(41)34-37(20,4)13-11-27-38(5)12-10-21(40)29(43)28(38)23(42)15-39(27,34)47/h18-36,40-47H,8-17H2,1-7H3/t19-,20-,21+,22-,23+,24+,25-,26+,27-,28+,29+,30+,31+,32-,33-,34-,35-,36+,37-,38-,39+/m1/s1. The summed E-state index contributed by atoms with van der Waals surface area (Å²) in [5.41, 5.74) is -2.23. The molecule has 308 valence electrons. The molecule has 0 aromatic heterocycles. The van der Waals surface area contributed by atoms with Crippen molar-refractivity contribution < 1.29 is 69.3 Å². The summed E-state index contributed by atoms with van der Waals surface area (Å²) in [4.78, 5) is 0. The van der Waals surface area contributed by atoms with Crippen LogP contribution in [0.4, 0.5) is 0 Å². The van der Waals surface area contributed by atoms with Crippen LogP contribution in [0.1, 0.15) is 86.0 Å². The first-order valence-electron chi connectivity index (χ1n) is 20.0. The Morgan fingerprint density at radius 2 is 1.47 bits per heavy atom. The smallest absolute Gasteiger partial charge is 0.186 e. The molecule has 0 unspecified atom stereocenters. The lowest BCUT2D eigenvalue weighted by molar-refractivity contribution is -0.287. The average Bonchev–Trinajstić information content (AvgIpc) is 3.53. The van der Waals surface area contributed by atoms with Crippen LogP contribution in [0.25, 0.3) is 0 Å². The molecule has 0 aromatic rings. The van der Waals surface area contributed by atoms with E-state index < -0.39 is 96.5 Å². The summed E-state index contributed by atoms with van der Waals surface area (Å²) in [5, 5.41) is 89.6. The number of methoxy groups -OCH3 is 2. The van der Waals surface area contributed by atoms with Crippen LogP contribution in [0.15, 0.2) is 0 Å². The maximum atomic E-state index is 12.6. The summed E-state index contributed by atoms with van der Waals surface area (Å²) in [5.74, 6) is -0.838. The summed E-state index contributed by atoms with van der Waals surface area (Å²) in [6, 6.07) is 0. The third-order valence-corrected chi connectivity index (χ3v) is 15.2. The Morgan fingerprint density at radius 1 is 0.774 bits per heavy atom. The zero-order valence-corrected chi connectivity index (χ0v) is 32.6. The maximum Gasteiger partial charge on any atom is 0.186 e. The van der Waals surface area contributed by atoms with Gasteiger partial charge in [0.05, 0.1) is 49.3 Å². The number of rotatable bonds is 12. The Labute approximate surface area is 314 Å². The fourth-order valence-corrected chi connectivity index (χ4v) is 12.4. The van der Waals surface area contributed by atoms with E-state index in [1.54, 1.807) is 0 Å². The molecule has 0 amide bonds. The molecule has 0 spiro atoms. The van der Waals surface area contributed by atoms with Gasteiger partial charge in [0.1, 0.15) is 36.6 Å². The molecule has 2 aliphatic heterocycles. The summed E-state index contributed by atoms with van der Waals surface area (Å²) < 4.78 is 34.5. The molecular weight excluding hydrogens is 692 g/mol. The first kappa shape index (κ1) is 42.1. The summed E-state index contributed by atoms with van der Waals surface area (Å²) in [6.45, 7) is 10.5. The molecule has 53 heavy (non-hydrogen) atoms. The SMILES string of the molecule is CO[C@H]1[C@H](OC[C@@H]2O[C@@H](O[C@@H](CC[C@@H](C)[C@H]3C[C@@H](O)[C@@H]4[C@]3(C)CC[C@@H]3[C@@]5(C)CC[C@H](O)[C@H](O)[C@@H]5[C@@H](O)C[C@]34O)C(C)C)[C@H](O)[C@H]2O)OC[C@@H](OC)[C@@H]1O. The van der Waals surface area contributed by atoms with E-state index in [-0.39, 0.29) is 54.8 Å². The monoisotopic (exact) mass is 760 g/mol. The normalized spacial score (nSPS) is 52.5. The second-order valence-electron chi connectivity index (χ2n) is 18.4. The van der Waals surface area contributed by atoms with E-state index in [4.69, 9.17) is 28.4 Å². The Balaban J connectivity index is 1.07. The molecule has 0 aromatic carbocycles. The van der Waals surface area contributed by atoms with Crippen LogP contribution in [0, 0.1) is 46.3 Å². The molecule has 0 radical (unpaired) electrons. The predicted molar refractivity (Wildman–Crippen MR) is 189 cm³/mol. The van der Waals surface area contributed by atoms with Crippen molar-refractivity contribution in [2.24, 2.45) is 46.3 Å².